The molecule has 1 N–H and O–H groups in total. The van der Waals surface area contributed by atoms with E-state index in [4.69, 9.17) is 27.9 Å². The molecule has 2 nitrogen and oxygen atoms in total. The quantitative estimate of drug-likeness (QED) is 0.802. The Labute approximate surface area is 136 Å². The molecule has 1 aliphatic heterocycles. The molecular formula is C15H12BrCl2NO. The van der Waals surface area contributed by atoms with Crippen molar-refractivity contribution in [1.82, 2.24) is 0 Å². The zero-order valence-electron chi connectivity index (χ0n) is 10.5. The smallest absolute Gasteiger partial charge is 0.123 e. The van der Waals surface area contributed by atoms with Crippen molar-refractivity contribution in [2.75, 3.05) is 11.9 Å². The zero-order chi connectivity index (χ0) is 14.1. The van der Waals surface area contributed by atoms with Gasteiger partial charge in [-0.15, -0.1) is 0 Å². The minimum atomic E-state index is 0.100. The number of rotatable bonds is 3. The van der Waals surface area contributed by atoms with Crippen LogP contribution in [0, 0.1) is 0 Å². The second kappa shape index (κ2) is 5.84. The van der Waals surface area contributed by atoms with E-state index in [1.807, 2.05) is 30.3 Å². The molecule has 1 heterocycles. The summed E-state index contributed by atoms with van der Waals surface area (Å²) in [5.41, 5.74) is 1.99. The Balaban J connectivity index is 1.67. The van der Waals surface area contributed by atoms with Crippen LogP contribution in [-0.2, 0) is 6.42 Å². The predicted molar refractivity (Wildman–Crippen MR) is 87.2 cm³/mol. The highest BCUT2D eigenvalue weighted by Crippen LogP contribution is 2.34. The molecule has 5 heteroatoms. The minimum Gasteiger partial charge on any atom is -0.488 e. The molecule has 0 fully saturated rings. The highest BCUT2D eigenvalue weighted by Gasteiger charge is 2.22. The fraction of sp³-hybridized carbons (Fsp3) is 0.200. The van der Waals surface area contributed by atoms with Crippen LogP contribution >= 0.6 is 39.1 Å². The molecule has 1 atom stereocenters. The van der Waals surface area contributed by atoms with Gasteiger partial charge in [0.15, 0.2) is 0 Å². The number of anilines is 1. The van der Waals surface area contributed by atoms with Crippen molar-refractivity contribution in [1.29, 1.82) is 0 Å². The largest absolute Gasteiger partial charge is 0.488 e. The number of para-hydroxylation sites is 1. The summed E-state index contributed by atoms with van der Waals surface area (Å²) in [6, 6.07) is 11.7. The minimum absolute atomic E-state index is 0.100. The molecule has 0 spiro atoms. The molecule has 0 saturated carbocycles. The summed E-state index contributed by atoms with van der Waals surface area (Å²) >= 11 is 15.7. The molecule has 0 saturated heterocycles. The lowest BCUT2D eigenvalue weighted by Crippen LogP contribution is -2.24. The van der Waals surface area contributed by atoms with E-state index in [1.165, 1.54) is 5.56 Å². The second-order valence-corrected chi connectivity index (χ2v) is 6.41. The van der Waals surface area contributed by atoms with Crippen molar-refractivity contribution in [2.45, 2.75) is 12.5 Å². The molecule has 0 aromatic heterocycles. The standard InChI is InChI=1S/C15H12BrCl2NO/c16-10-6-12(17)15(13(18)7-10)19-8-11-5-9-3-1-2-4-14(9)20-11/h1-4,6-7,11,19H,5,8H2. The van der Waals surface area contributed by atoms with Gasteiger partial charge in [0.25, 0.3) is 0 Å². The lowest BCUT2D eigenvalue weighted by Gasteiger charge is -2.15. The van der Waals surface area contributed by atoms with Gasteiger partial charge in [-0.2, -0.15) is 0 Å². The van der Waals surface area contributed by atoms with Crippen LogP contribution in [-0.4, -0.2) is 12.6 Å². The first-order valence-corrected chi connectivity index (χ1v) is 7.81. The third-order valence-electron chi connectivity index (χ3n) is 3.23. The van der Waals surface area contributed by atoms with Crippen LogP contribution < -0.4 is 10.1 Å². The molecule has 0 amide bonds. The normalized spacial score (nSPS) is 16.6. The van der Waals surface area contributed by atoms with Gasteiger partial charge in [-0.05, 0) is 23.8 Å². The zero-order valence-corrected chi connectivity index (χ0v) is 13.6. The molecular weight excluding hydrogens is 361 g/mol. The summed E-state index contributed by atoms with van der Waals surface area (Å²) in [5, 5.41) is 4.47. The van der Waals surface area contributed by atoms with Crippen LogP contribution in [0.15, 0.2) is 40.9 Å². The molecule has 1 aliphatic rings. The fourth-order valence-corrected chi connectivity index (χ4v) is 3.64. The summed E-state index contributed by atoms with van der Waals surface area (Å²) in [6.07, 6.45) is 0.998. The van der Waals surface area contributed by atoms with E-state index in [1.54, 1.807) is 0 Å². The number of ether oxygens (including phenoxy) is 1. The van der Waals surface area contributed by atoms with Crippen molar-refractivity contribution < 1.29 is 4.74 Å². The maximum atomic E-state index is 6.19. The first kappa shape index (κ1) is 14.1. The second-order valence-electron chi connectivity index (χ2n) is 4.68. The van der Waals surface area contributed by atoms with Gasteiger partial charge in [0.1, 0.15) is 11.9 Å². The fourth-order valence-electron chi connectivity index (χ4n) is 2.29. The molecule has 20 heavy (non-hydrogen) atoms. The van der Waals surface area contributed by atoms with Gasteiger partial charge < -0.3 is 10.1 Å². The Morgan fingerprint density at radius 1 is 1.20 bits per heavy atom. The van der Waals surface area contributed by atoms with E-state index in [2.05, 4.69) is 27.3 Å². The van der Waals surface area contributed by atoms with E-state index in [9.17, 15) is 0 Å². The molecule has 2 aromatic carbocycles. The van der Waals surface area contributed by atoms with Crippen LogP contribution in [0.1, 0.15) is 5.56 Å². The van der Waals surface area contributed by atoms with E-state index in [-0.39, 0.29) is 6.10 Å². The van der Waals surface area contributed by atoms with Crippen molar-refractivity contribution >= 4 is 44.8 Å². The van der Waals surface area contributed by atoms with Crippen LogP contribution in [0.5, 0.6) is 5.75 Å². The van der Waals surface area contributed by atoms with E-state index < -0.39 is 0 Å². The molecule has 1 unspecified atom stereocenters. The van der Waals surface area contributed by atoms with Gasteiger partial charge in [-0.1, -0.05) is 57.3 Å². The van der Waals surface area contributed by atoms with Crippen LogP contribution in [0.3, 0.4) is 0 Å². The lowest BCUT2D eigenvalue weighted by molar-refractivity contribution is 0.246. The van der Waals surface area contributed by atoms with Crippen LogP contribution in [0.4, 0.5) is 5.69 Å². The third-order valence-corrected chi connectivity index (χ3v) is 4.28. The number of hydrogen-bond donors (Lipinski definition) is 1. The highest BCUT2D eigenvalue weighted by atomic mass is 79.9. The Kier molecular flexibility index (Phi) is 4.11. The number of halogens is 3. The van der Waals surface area contributed by atoms with Gasteiger partial charge in [0, 0.05) is 10.9 Å². The maximum absolute atomic E-state index is 6.19. The van der Waals surface area contributed by atoms with Crippen molar-refractivity contribution in [3.05, 3.63) is 56.5 Å². The van der Waals surface area contributed by atoms with Crippen molar-refractivity contribution in [3.63, 3.8) is 0 Å². The molecule has 3 rings (SSSR count). The summed E-state index contributed by atoms with van der Waals surface area (Å²) in [7, 11) is 0. The van der Waals surface area contributed by atoms with Crippen molar-refractivity contribution in [2.24, 2.45) is 0 Å². The average Bonchev–Trinajstić information content (AvgIpc) is 2.80. The molecule has 0 radical (unpaired) electrons. The maximum Gasteiger partial charge on any atom is 0.123 e. The van der Waals surface area contributed by atoms with E-state index in [0.717, 1.165) is 22.3 Å². The Hall–Kier alpha value is -0.900. The lowest BCUT2D eigenvalue weighted by atomic mass is 10.1. The van der Waals surface area contributed by atoms with E-state index in [0.29, 0.717) is 16.6 Å². The summed E-state index contributed by atoms with van der Waals surface area (Å²) in [5.74, 6) is 0.965. The van der Waals surface area contributed by atoms with Gasteiger partial charge in [-0.3, -0.25) is 0 Å². The Morgan fingerprint density at radius 3 is 2.60 bits per heavy atom. The van der Waals surface area contributed by atoms with Gasteiger partial charge in [0.2, 0.25) is 0 Å². The van der Waals surface area contributed by atoms with E-state index >= 15 is 0 Å². The highest BCUT2D eigenvalue weighted by molar-refractivity contribution is 9.10. The van der Waals surface area contributed by atoms with Crippen LogP contribution in [0.2, 0.25) is 10.0 Å². The topological polar surface area (TPSA) is 21.3 Å². The summed E-state index contributed by atoms with van der Waals surface area (Å²) in [6.45, 7) is 0.662. The SMILES string of the molecule is Clc1cc(Br)cc(Cl)c1NCC1Cc2ccccc2O1. The third kappa shape index (κ3) is 2.90. The van der Waals surface area contributed by atoms with Gasteiger partial charge in [-0.25, -0.2) is 0 Å². The first-order chi connectivity index (χ1) is 9.63. The monoisotopic (exact) mass is 371 g/mol. The number of benzene rings is 2. The Bertz CT molecular complexity index is 600. The van der Waals surface area contributed by atoms with Gasteiger partial charge >= 0.3 is 0 Å². The summed E-state index contributed by atoms with van der Waals surface area (Å²) < 4.78 is 6.74. The molecule has 104 valence electrons. The van der Waals surface area contributed by atoms with Crippen LogP contribution in [0.25, 0.3) is 0 Å². The Morgan fingerprint density at radius 2 is 1.90 bits per heavy atom. The first-order valence-electron chi connectivity index (χ1n) is 6.26. The van der Waals surface area contributed by atoms with Crippen molar-refractivity contribution in [3.8, 4) is 5.75 Å². The predicted octanol–water partition coefficient (Wildman–Crippen LogP) is 5.17. The van der Waals surface area contributed by atoms with Gasteiger partial charge in [0.05, 0.1) is 22.3 Å². The number of hydrogen-bond acceptors (Lipinski definition) is 2. The number of fused-ring (bicyclic) bond motifs is 1. The average molecular weight is 373 g/mol. The molecule has 0 bridgehead atoms. The number of nitrogens with one attached hydrogen (secondary N) is 1. The molecule has 2 aromatic rings. The summed E-state index contributed by atoms with van der Waals surface area (Å²) in [4.78, 5) is 0. The molecule has 0 aliphatic carbocycles.